The van der Waals surface area contributed by atoms with E-state index in [0.717, 1.165) is 11.1 Å². The summed E-state index contributed by atoms with van der Waals surface area (Å²) < 4.78 is 11.2. The highest BCUT2D eigenvalue weighted by Crippen LogP contribution is 2.34. The second-order valence-corrected chi connectivity index (χ2v) is 7.24. The fourth-order valence-corrected chi connectivity index (χ4v) is 3.08. The molecule has 0 unspecified atom stereocenters. The minimum Gasteiger partial charge on any atom is -0.486 e. The summed E-state index contributed by atoms with van der Waals surface area (Å²) in [5.41, 5.74) is 2.55. The zero-order valence-electron chi connectivity index (χ0n) is 16.5. The number of fused-ring (bicyclic) bond motifs is 1. The van der Waals surface area contributed by atoms with Crippen molar-refractivity contribution in [3.8, 4) is 11.5 Å². The largest absolute Gasteiger partial charge is 0.486 e. The van der Waals surface area contributed by atoms with Crippen LogP contribution in [0, 0.1) is 12.8 Å². The lowest BCUT2D eigenvalue weighted by Crippen LogP contribution is -2.40. The molecule has 1 heterocycles. The van der Waals surface area contributed by atoms with Crippen molar-refractivity contribution in [2.24, 2.45) is 5.92 Å². The Morgan fingerprint density at radius 3 is 2.36 bits per heavy atom. The van der Waals surface area contributed by atoms with Crippen LogP contribution in [0.5, 0.6) is 11.5 Å². The predicted molar refractivity (Wildman–Crippen MR) is 107 cm³/mol. The van der Waals surface area contributed by atoms with Gasteiger partial charge < -0.3 is 20.1 Å². The van der Waals surface area contributed by atoms with Crippen LogP contribution in [-0.4, -0.2) is 31.6 Å². The lowest BCUT2D eigenvalue weighted by Gasteiger charge is -2.25. The molecule has 0 aromatic heterocycles. The van der Waals surface area contributed by atoms with Crippen LogP contribution in [0.15, 0.2) is 42.5 Å². The molecule has 1 atom stereocenters. The van der Waals surface area contributed by atoms with Gasteiger partial charge in [-0.25, -0.2) is 0 Å². The lowest BCUT2D eigenvalue weighted by atomic mass is 9.95. The first-order chi connectivity index (χ1) is 13.4. The number of ether oxygens (including phenoxy) is 2. The van der Waals surface area contributed by atoms with E-state index in [9.17, 15) is 9.59 Å². The topological polar surface area (TPSA) is 76.7 Å². The molecule has 0 bridgehead atoms. The quantitative estimate of drug-likeness (QED) is 0.805. The van der Waals surface area contributed by atoms with Crippen molar-refractivity contribution < 1.29 is 19.1 Å². The molecular formula is C22H26N2O4. The van der Waals surface area contributed by atoms with Crippen molar-refractivity contribution in [2.75, 3.05) is 19.8 Å². The van der Waals surface area contributed by atoms with Crippen LogP contribution >= 0.6 is 0 Å². The lowest BCUT2D eigenvalue weighted by molar-refractivity contribution is -0.121. The maximum atomic E-state index is 12.4. The molecule has 2 aromatic carbocycles. The zero-order chi connectivity index (χ0) is 20.1. The smallest absolute Gasteiger partial charge is 0.251 e. The number of carbonyl (C=O) groups is 2. The first-order valence-corrected chi connectivity index (χ1v) is 9.48. The van der Waals surface area contributed by atoms with Gasteiger partial charge in [0.25, 0.3) is 5.91 Å². The van der Waals surface area contributed by atoms with Crippen molar-refractivity contribution >= 4 is 11.8 Å². The van der Waals surface area contributed by atoms with E-state index in [1.165, 1.54) is 0 Å². The number of carbonyl (C=O) groups excluding carboxylic acids is 2. The second kappa shape index (κ2) is 8.78. The summed E-state index contributed by atoms with van der Waals surface area (Å²) in [6.45, 7) is 7.00. The van der Waals surface area contributed by atoms with E-state index in [1.54, 1.807) is 12.1 Å². The SMILES string of the molecule is Cc1ccc(C(=O)NCC(=O)N[C@H](c2ccc3c(c2)OCCO3)C(C)C)cc1. The molecule has 2 aromatic rings. The molecule has 0 spiro atoms. The Labute approximate surface area is 165 Å². The van der Waals surface area contributed by atoms with E-state index >= 15 is 0 Å². The van der Waals surface area contributed by atoms with Crippen molar-refractivity contribution in [1.29, 1.82) is 0 Å². The van der Waals surface area contributed by atoms with Gasteiger partial charge in [-0.3, -0.25) is 9.59 Å². The van der Waals surface area contributed by atoms with Crippen molar-refractivity contribution in [2.45, 2.75) is 26.8 Å². The minimum atomic E-state index is -0.268. The van der Waals surface area contributed by atoms with Crippen LogP contribution in [0.25, 0.3) is 0 Å². The Balaban J connectivity index is 1.61. The van der Waals surface area contributed by atoms with E-state index in [0.29, 0.717) is 30.3 Å². The molecule has 0 radical (unpaired) electrons. The monoisotopic (exact) mass is 382 g/mol. The number of aryl methyl sites for hydroxylation is 1. The molecule has 2 N–H and O–H groups in total. The summed E-state index contributed by atoms with van der Waals surface area (Å²) in [6, 6.07) is 12.7. The number of hydrogen-bond acceptors (Lipinski definition) is 4. The van der Waals surface area contributed by atoms with E-state index in [1.807, 2.05) is 51.1 Å². The highest BCUT2D eigenvalue weighted by Gasteiger charge is 2.21. The van der Waals surface area contributed by atoms with Crippen molar-refractivity contribution in [3.05, 3.63) is 59.2 Å². The standard InChI is InChI=1S/C22H26N2O4/c1-14(2)21(17-8-9-18-19(12-17)28-11-10-27-18)24-20(25)13-23-22(26)16-6-4-15(3)5-7-16/h4-9,12,14,21H,10-11,13H2,1-3H3,(H,23,26)(H,24,25)/t21-/m0/s1. The van der Waals surface area contributed by atoms with Gasteiger partial charge in [-0.15, -0.1) is 0 Å². The Morgan fingerprint density at radius 2 is 1.68 bits per heavy atom. The summed E-state index contributed by atoms with van der Waals surface area (Å²) in [7, 11) is 0. The maximum absolute atomic E-state index is 12.4. The molecular weight excluding hydrogens is 356 g/mol. The van der Waals surface area contributed by atoms with E-state index in [4.69, 9.17) is 9.47 Å². The zero-order valence-corrected chi connectivity index (χ0v) is 16.5. The van der Waals surface area contributed by atoms with Crippen molar-refractivity contribution in [3.63, 3.8) is 0 Å². The first-order valence-electron chi connectivity index (χ1n) is 9.48. The Hall–Kier alpha value is -3.02. The third kappa shape index (κ3) is 4.82. The van der Waals surface area contributed by atoms with Crippen molar-refractivity contribution in [1.82, 2.24) is 10.6 Å². The number of amides is 2. The van der Waals surface area contributed by atoms with Crippen LogP contribution in [0.2, 0.25) is 0 Å². The molecule has 3 rings (SSSR count). The van der Waals surface area contributed by atoms with Gasteiger partial charge in [0.2, 0.25) is 5.91 Å². The average Bonchev–Trinajstić information content (AvgIpc) is 2.70. The summed E-state index contributed by atoms with van der Waals surface area (Å²) in [4.78, 5) is 24.6. The Bertz CT molecular complexity index is 846. The molecule has 1 aliphatic rings. The highest BCUT2D eigenvalue weighted by molar-refractivity contribution is 5.96. The third-order valence-corrected chi connectivity index (χ3v) is 4.63. The second-order valence-electron chi connectivity index (χ2n) is 7.24. The number of hydrogen-bond donors (Lipinski definition) is 2. The number of nitrogens with one attached hydrogen (secondary N) is 2. The van der Waals surface area contributed by atoms with Crippen LogP contribution in [0.1, 0.15) is 41.4 Å². The summed E-state index contributed by atoms with van der Waals surface area (Å²) in [6.07, 6.45) is 0. The number of rotatable bonds is 6. The Morgan fingerprint density at radius 1 is 1.00 bits per heavy atom. The molecule has 2 amide bonds. The van der Waals surface area contributed by atoms with Gasteiger partial charge in [0.15, 0.2) is 11.5 Å². The van der Waals surface area contributed by atoms with Gasteiger partial charge in [-0.05, 0) is 42.7 Å². The van der Waals surface area contributed by atoms with Crippen LogP contribution in [0.3, 0.4) is 0 Å². The molecule has 6 nitrogen and oxygen atoms in total. The molecule has 0 aliphatic carbocycles. The fraction of sp³-hybridized carbons (Fsp3) is 0.364. The van der Waals surface area contributed by atoms with Gasteiger partial charge in [0.1, 0.15) is 13.2 Å². The van der Waals surface area contributed by atoms with Crippen LogP contribution in [-0.2, 0) is 4.79 Å². The number of benzene rings is 2. The normalized spacial score (nSPS) is 13.7. The predicted octanol–water partition coefficient (Wildman–Crippen LogP) is 3.01. The molecule has 28 heavy (non-hydrogen) atoms. The van der Waals surface area contributed by atoms with Gasteiger partial charge in [0, 0.05) is 5.56 Å². The molecule has 0 saturated carbocycles. The average molecular weight is 382 g/mol. The first kappa shape index (κ1) is 19.7. The van der Waals surface area contributed by atoms with Gasteiger partial charge in [-0.1, -0.05) is 37.6 Å². The third-order valence-electron chi connectivity index (χ3n) is 4.63. The van der Waals surface area contributed by atoms with E-state index in [-0.39, 0.29) is 30.3 Å². The molecule has 0 fully saturated rings. The van der Waals surface area contributed by atoms with Gasteiger partial charge in [-0.2, -0.15) is 0 Å². The summed E-state index contributed by atoms with van der Waals surface area (Å²) in [5, 5.41) is 5.67. The Kier molecular flexibility index (Phi) is 6.19. The van der Waals surface area contributed by atoms with E-state index in [2.05, 4.69) is 10.6 Å². The highest BCUT2D eigenvalue weighted by atomic mass is 16.6. The summed E-state index contributed by atoms with van der Waals surface area (Å²) in [5.74, 6) is 1.06. The molecule has 6 heteroatoms. The van der Waals surface area contributed by atoms with Gasteiger partial charge in [0.05, 0.1) is 12.6 Å². The van der Waals surface area contributed by atoms with Gasteiger partial charge >= 0.3 is 0 Å². The fourth-order valence-electron chi connectivity index (χ4n) is 3.08. The maximum Gasteiger partial charge on any atom is 0.251 e. The van der Waals surface area contributed by atoms with Crippen LogP contribution < -0.4 is 20.1 Å². The minimum absolute atomic E-state index is 0.0829. The van der Waals surface area contributed by atoms with Crippen LogP contribution in [0.4, 0.5) is 0 Å². The molecule has 148 valence electrons. The molecule has 0 saturated heterocycles. The molecule has 1 aliphatic heterocycles. The summed E-state index contributed by atoms with van der Waals surface area (Å²) >= 11 is 0. The van der Waals surface area contributed by atoms with E-state index < -0.39 is 0 Å².